The third-order valence-corrected chi connectivity index (χ3v) is 2.75. The standard InChI is InChI=1S/C13H12ClN3O/c14-11-7-9(15)12(13(16)18)10(17-11)6-8-4-2-1-3-5-8/h1-5,7H,6H2,(H2,15,17)(H2,16,18). The summed E-state index contributed by atoms with van der Waals surface area (Å²) in [4.78, 5) is 15.5. The molecule has 1 heterocycles. The number of rotatable bonds is 3. The number of carbonyl (C=O) groups is 1. The van der Waals surface area contributed by atoms with E-state index in [1.807, 2.05) is 30.3 Å². The van der Waals surface area contributed by atoms with Gasteiger partial charge in [-0.15, -0.1) is 0 Å². The highest BCUT2D eigenvalue weighted by atomic mass is 35.5. The summed E-state index contributed by atoms with van der Waals surface area (Å²) in [6, 6.07) is 11.0. The number of primary amides is 1. The molecule has 0 fully saturated rings. The van der Waals surface area contributed by atoms with Gasteiger partial charge < -0.3 is 11.5 Å². The first-order valence-electron chi connectivity index (χ1n) is 5.36. The molecule has 4 N–H and O–H groups in total. The molecule has 0 aliphatic rings. The molecule has 1 aromatic heterocycles. The average Bonchev–Trinajstić information content (AvgIpc) is 2.28. The number of benzene rings is 1. The number of carbonyl (C=O) groups excluding carboxylic acids is 1. The molecule has 0 bridgehead atoms. The number of aromatic nitrogens is 1. The number of nitrogens with two attached hydrogens (primary N) is 2. The lowest BCUT2D eigenvalue weighted by Gasteiger charge is -2.09. The Balaban J connectivity index is 2.46. The quantitative estimate of drug-likeness (QED) is 0.829. The van der Waals surface area contributed by atoms with Crippen molar-refractivity contribution in [3.63, 3.8) is 0 Å². The van der Waals surface area contributed by atoms with Crippen LogP contribution in [-0.4, -0.2) is 10.9 Å². The van der Waals surface area contributed by atoms with Crippen LogP contribution in [0, 0.1) is 0 Å². The van der Waals surface area contributed by atoms with E-state index in [2.05, 4.69) is 4.98 Å². The monoisotopic (exact) mass is 261 g/mol. The van der Waals surface area contributed by atoms with Gasteiger partial charge in [-0.05, 0) is 11.6 Å². The van der Waals surface area contributed by atoms with E-state index in [0.29, 0.717) is 12.1 Å². The van der Waals surface area contributed by atoms with Gasteiger partial charge in [-0.25, -0.2) is 4.98 Å². The molecule has 1 aromatic carbocycles. The zero-order chi connectivity index (χ0) is 13.1. The maximum Gasteiger partial charge on any atom is 0.252 e. The van der Waals surface area contributed by atoms with Crippen molar-refractivity contribution in [2.24, 2.45) is 5.73 Å². The van der Waals surface area contributed by atoms with Crippen LogP contribution in [-0.2, 0) is 6.42 Å². The average molecular weight is 262 g/mol. The van der Waals surface area contributed by atoms with Crippen molar-refractivity contribution in [1.82, 2.24) is 4.98 Å². The van der Waals surface area contributed by atoms with Gasteiger partial charge in [-0.1, -0.05) is 41.9 Å². The van der Waals surface area contributed by atoms with Crippen LogP contribution in [0.1, 0.15) is 21.6 Å². The fourth-order valence-electron chi connectivity index (χ4n) is 1.79. The van der Waals surface area contributed by atoms with Gasteiger partial charge in [-0.3, -0.25) is 4.79 Å². The number of nitrogen functional groups attached to an aromatic ring is 1. The zero-order valence-corrected chi connectivity index (χ0v) is 10.3. The van der Waals surface area contributed by atoms with Gasteiger partial charge in [0.25, 0.3) is 5.91 Å². The van der Waals surface area contributed by atoms with Crippen molar-refractivity contribution < 1.29 is 4.79 Å². The summed E-state index contributed by atoms with van der Waals surface area (Å²) in [5, 5.41) is 0.253. The van der Waals surface area contributed by atoms with Crippen LogP contribution < -0.4 is 11.5 Å². The second-order valence-electron chi connectivity index (χ2n) is 3.88. The van der Waals surface area contributed by atoms with Crippen LogP contribution in [0.25, 0.3) is 0 Å². The molecule has 2 rings (SSSR count). The Kier molecular flexibility index (Phi) is 3.48. The fourth-order valence-corrected chi connectivity index (χ4v) is 2.01. The minimum Gasteiger partial charge on any atom is -0.398 e. The molecule has 0 saturated carbocycles. The van der Waals surface area contributed by atoms with Gasteiger partial charge >= 0.3 is 0 Å². The Morgan fingerprint density at radius 3 is 2.56 bits per heavy atom. The lowest BCUT2D eigenvalue weighted by Crippen LogP contribution is -2.17. The summed E-state index contributed by atoms with van der Waals surface area (Å²) >= 11 is 5.85. The van der Waals surface area contributed by atoms with Gasteiger partial charge in [0.05, 0.1) is 11.3 Å². The normalized spacial score (nSPS) is 10.3. The molecule has 18 heavy (non-hydrogen) atoms. The van der Waals surface area contributed by atoms with Crippen LogP contribution in [0.5, 0.6) is 0 Å². The van der Waals surface area contributed by atoms with Gasteiger partial charge in [0.15, 0.2) is 0 Å². The largest absolute Gasteiger partial charge is 0.398 e. The van der Waals surface area contributed by atoms with Gasteiger partial charge in [0, 0.05) is 12.1 Å². The van der Waals surface area contributed by atoms with Crippen LogP contribution >= 0.6 is 11.6 Å². The Bertz CT molecular complexity index is 584. The molecule has 0 aliphatic heterocycles. The lowest BCUT2D eigenvalue weighted by molar-refractivity contribution is 0.1000. The first-order chi connectivity index (χ1) is 8.58. The SMILES string of the molecule is NC(=O)c1c(N)cc(Cl)nc1Cc1ccccc1. The number of hydrogen-bond acceptors (Lipinski definition) is 3. The van der Waals surface area contributed by atoms with Gasteiger partial charge in [0.2, 0.25) is 0 Å². The van der Waals surface area contributed by atoms with Crippen molar-refractivity contribution in [3.8, 4) is 0 Å². The van der Waals surface area contributed by atoms with E-state index >= 15 is 0 Å². The van der Waals surface area contributed by atoms with Gasteiger partial charge in [-0.2, -0.15) is 0 Å². The third-order valence-electron chi connectivity index (χ3n) is 2.55. The highest BCUT2D eigenvalue weighted by Crippen LogP contribution is 2.21. The molecule has 0 aliphatic carbocycles. The zero-order valence-electron chi connectivity index (χ0n) is 9.56. The summed E-state index contributed by atoms with van der Waals surface area (Å²) in [6.07, 6.45) is 0.462. The predicted molar refractivity (Wildman–Crippen MR) is 71.4 cm³/mol. The molecule has 0 spiro atoms. The van der Waals surface area contributed by atoms with E-state index in [-0.39, 0.29) is 16.4 Å². The van der Waals surface area contributed by atoms with E-state index in [1.54, 1.807) is 0 Å². The second-order valence-corrected chi connectivity index (χ2v) is 4.27. The number of halogens is 1. The van der Waals surface area contributed by atoms with E-state index in [4.69, 9.17) is 23.1 Å². The molecule has 5 heteroatoms. The summed E-state index contributed by atoms with van der Waals surface area (Å²) in [5.74, 6) is -0.595. The van der Waals surface area contributed by atoms with Crippen molar-refractivity contribution >= 4 is 23.2 Å². The molecule has 2 aromatic rings. The predicted octanol–water partition coefficient (Wildman–Crippen LogP) is 2.01. The number of pyridine rings is 1. The minimum absolute atomic E-state index is 0.239. The van der Waals surface area contributed by atoms with Crippen LogP contribution in [0.4, 0.5) is 5.69 Å². The molecule has 0 unspecified atom stereocenters. The van der Waals surface area contributed by atoms with Crippen LogP contribution in [0.3, 0.4) is 0 Å². The fraction of sp³-hybridized carbons (Fsp3) is 0.0769. The number of nitrogens with zero attached hydrogens (tertiary/aromatic N) is 1. The number of amides is 1. The topological polar surface area (TPSA) is 82.0 Å². The molecule has 0 radical (unpaired) electrons. The summed E-state index contributed by atoms with van der Waals surface area (Å²) in [5.41, 5.74) is 13.1. The molecule has 0 saturated heterocycles. The Morgan fingerprint density at radius 1 is 1.28 bits per heavy atom. The Labute approximate surface area is 110 Å². The Morgan fingerprint density at radius 2 is 1.94 bits per heavy atom. The van der Waals surface area contributed by atoms with Crippen LogP contribution in [0.15, 0.2) is 36.4 Å². The summed E-state index contributed by atoms with van der Waals surface area (Å²) in [6.45, 7) is 0. The summed E-state index contributed by atoms with van der Waals surface area (Å²) in [7, 11) is 0. The molecule has 4 nitrogen and oxygen atoms in total. The third kappa shape index (κ3) is 2.60. The van der Waals surface area contributed by atoms with E-state index in [1.165, 1.54) is 6.07 Å². The first kappa shape index (κ1) is 12.4. The molecule has 92 valence electrons. The number of anilines is 1. The number of hydrogen-bond donors (Lipinski definition) is 2. The summed E-state index contributed by atoms with van der Waals surface area (Å²) < 4.78 is 0. The molecule has 1 amide bonds. The smallest absolute Gasteiger partial charge is 0.252 e. The van der Waals surface area contributed by atoms with Crippen molar-refractivity contribution in [3.05, 3.63) is 58.4 Å². The Hall–Kier alpha value is -2.07. The second kappa shape index (κ2) is 5.06. The molecular formula is C13H12ClN3O. The molecule has 0 atom stereocenters. The van der Waals surface area contributed by atoms with Crippen LogP contribution in [0.2, 0.25) is 5.15 Å². The van der Waals surface area contributed by atoms with E-state index in [9.17, 15) is 4.79 Å². The van der Waals surface area contributed by atoms with Crippen molar-refractivity contribution in [1.29, 1.82) is 0 Å². The lowest BCUT2D eigenvalue weighted by atomic mass is 10.0. The highest BCUT2D eigenvalue weighted by Gasteiger charge is 2.15. The molecular weight excluding hydrogens is 250 g/mol. The highest BCUT2D eigenvalue weighted by molar-refractivity contribution is 6.29. The van der Waals surface area contributed by atoms with Crippen molar-refractivity contribution in [2.75, 3.05) is 5.73 Å². The van der Waals surface area contributed by atoms with Crippen molar-refractivity contribution in [2.45, 2.75) is 6.42 Å². The maximum absolute atomic E-state index is 11.4. The first-order valence-corrected chi connectivity index (χ1v) is 5.74. The van der Waals surface area contributed by atoms with Gasteiger partial charge in [0.1, 0.15) is 5.15 Å². The maximum atomic E-state index is 11.4. The minimum atomic E-state index is -0.595. The van der Waals surface area contributed by atoms with E-state index in [0.717, 1.165) is 5.56 Å². The van der Waals surface area contributed by atoms with E-state index < -0.39 is 5.91 Å².